The SMILES string of the molecule is CNC(=O)NC(=O)[C@@H](C)OC(=O)c1cc(C(C)C)nc2c1cnn2C(C)C. The molecule has 0 aliphatic carbocycles. The van der Waals surface area contributed by atoms with Crippen molar-refractivity contribution in [1.29, 1.82) is 0 Å². The molecule has 2 aromatic heterocycles. The zero-order valence-corrected chi connectivity index (χ0v) is 16.4. The summed E-state index contributed by atoms with van der Waals surface area (Å²) in [6, 6.07) is 1.05. The number of fused-ring (bicyclic) bond motifs is 1. The lowest BCUT2D eigenvalue weighted by Crippen LogP contribution is -2.43. The number of carbonyl (C=O) groups is 3. The van der Waals surface area contributed by atoms with Crippen molar-refractivity contribution in [2.24, 2.45) is 0 Å². The van der Waals surface area contributed by atoms with E-state index < -0.39 is 24.0 Å². The van der Waals surface area contributed by atoms with Gasteiger partial charge in [0.05, 0.1) is 17.1 Å². The van der Waals surface area contributed by atoms with Crippen LogP contribution in [0.25, 0.3) is 11.0 Å². The zero-order chi connectivity index (χ0) is 20.3. The van der Waals surface area contributed by atoms with Crippen molar-refractivity contribution in [1.82, 2.24) is 25.4 Å². The van der Waals surface area contributed by atoms with Crippen LogP contribution in [0.1, 0.15) is 62.6 Å². The predicted molar refractivity (Wildman–Crippen MR) is 99.5 cm³/mol. The number of hydrogen-bond donors (Lipinski definition) is 2. The molecule has 2 N–H and O–H groups in total. The third-order valence-electron chi connectivity index (χ3n) is 4.00. The van der Waals surface area contributed by atoms with E-state index in [9.17, 15) is 14.4 Å². The van der Waals surface area contributed by atoms with E-state index in [1.54, 1.807) is 16.9 Å². The summed E-state index contributed by atoms with van der Waals surface area (Å²) in [6.45, 7) is 9.28. The Balaban J connectivity index is 2.37. The van der Waals surface area contributed by atoms with Crippen LogP contribution in [0, 0.1) is 0 Å². The van der Waals surface area contributed by atoms with E-state index >= 15 is 0 Å². The lowest BCUT2D eigenvalue weighted by atomic mass is 10.1. The van der Waals surface area contributed by atoms with E-state index in [-0.39, 0.29) is 17.5 Å². The molecule has 0 fully saturated rings. The Morgan fingerprint density at radius 1 is 1.15 bits per heavy atom. The van der Waals surface area contributed by atoms with Gasteiger partial charge in [-0.1, -0.05) is 13.8 Å². The summed E-state index contributed by atoms with van der Waals surface area (Å²) in [7, 11) is 1.38. The number of aromatic nitrogens is 3. The maximum atomic E-state index is 12.7. The van der Waals surface area contributed by atoms with Gasteiger partial charge in [-0.15, -0.1) is 0 Å². The molecule has 0 unspecified atom stereocenters. The van der Waals surface area contributed by atoms with Crippen LogP contribution in [0.15, 0.2) is 12.3 Å². The third kappa shape index (κ3) is 4.42. The minimum Gasteiger partial charge on any atom is -0.449 e. The molecule has 146 valence electrons. The van der Waals surface area contributed by atoms with Crippen LogP contribution in [-0.4, -0.2) is 45.8 Å². The van der Waals surface area contributed by atoms with Gasteiger partial charge in [-0.3, -0.25) is 10.1 Å². The fourth-order valence-corrected chi connectivity index (χ4v) is 2.43. The van der Waals surface area contributed by atoms with Crippen molar-refractivity contribution < 1.29 is 19.1 Å². The maximum Gasteiger partial charge on any atom is 0.339 e. The Morgan fingerprint density at radius 3 is 2.37 bits per heavy atom. The van der Waals surface area contributed by atoms with Gasteiger partial charge < -0.3 is 10.1 Å². The van der Waals surface area contributed by atoms with Gasteiger partial charge in [0, 0.05) is 18.8 Å². The molecule has 0 saturated heterocycles. The maximum absolute atomic E-state index is 12.7. The molecule has 27 heavy (non-hydrogen) atoms. The second kappa shape index (κ2) is 8.15. The molecule has 0 saturated carbocycles. The second-order valence-electron chi connectivity index (χ2n) is 6.79. The second-order valence-corrected chi connectivity index (χ2v) is 6.79. The van der Waals surface area contributed by atoms with E-state index in [1.807, 2.05) is 27.7 Å². The first-order valence-electron chi connectivity index (χ1n) is 8.77. The number of amides is 3. The van der Waals surface area contributed by atoms with Crippen molar-refractivity contribution >= 4 is 28.9 Å². The highest BCUT2D eigenvalue weighted by Gasteiger charge is 2.24. The van der Waals surface area contributed by atoms with Crippen LogP contribution >= 0.6 is 0 Å². The number of imide groups is 1. The predicted octanol–water partition coefficient (Wildman–Crippen LogP) is 2.14. The van der Waals surface area contributed by atoms with Crippen molar-refractivity contribution in [3.05, 3.63) is 23.5 Å². The van der Waals surface area contributed by atoms with Crippen LogP contribution in [0.4, 0.5) is 4.79 Å². The molecule has 2 rings (SSSR count). The molecule has 0 radical (unpaired) electrons. The van der Waals surface area contributed by atoms with Crippen molar-refractivity contribution in [2.75, 3.05) is 7.05 Å². The van der Waals surface area contributed by atoms with Gasteiger partial charge in [0.1, 0.15) is 0 Å². The average Bonchev–Trinajstić information content (AvgIpc) is 3.04. The third-order valence-corrected chi connectivity index (χ3v) is 4.00. The monoisotopic (exact) mass is 375 g/mol. The van der Waals surface area contributed by atoms with Crippen LogP contribution < -0.4 is 10.6 Å². The Bertz CT molecular complexity index is 872. The molecule has 0 aliphatic rings. The number of ether oxygens (including phenoxy) is 1. The summed E-state index contributed by atoms with van der Waals surface area (Å²) >= 11 is 0. The molecule has 0 spiro atoms. The van der Waals surface area contributed by atoms with Crippen molar-refractivity contribution in [2.45, 2.75) is 52.7 Å². The number of rotatable bonds is 5. The van der Waals surface area contributed by atoms with Gasteiger partial charge in [0.2, 0.25) is 0 Å². The highest BCUT2D eigenvalue weighted by molar-refractivity contribution is 6.04. The average molecular weight is 375 g/mol. The van der Waals surface area contributed by atoms with Gasteiger partial charge in [0.15, 0.2) is 11.8 Å². The molecule has 0 aliphatic heterocycles. The molecular formula is C18H25N5O4. The Kier molecular flexibility index (Phi) is 6.14. The first-order chi connectivity index (χ1) is 12.6. The van der Waals surface area contributed by atoms with Crippen LogP contribution in [0.3, 0.4) is 0 Å². The minimum atomic E-state index is -1.14. The Morgan fingerprint density at radius 2 is 1.81 bits per heavy atom. The molecule has 0 aromatic carbocycles. The van der Waals surface area contributed by atoms with Gasteiger partial charge in [0.25, 0.3) is 5.91 Å². The quantitative estimate of drug-likeness (QED) is 0.774. The van der Waals surface area contributed by atoms with Crippen molar-refractivity contribution in [3.8, 4) is 0 Å². The number of nitrogens with zero attached hydrogens (tertiary/aromatic N) is 3. The number of carbonyl (C=O) groups excluding carboxylic acids is 3. The van der Waals surface area contributed by atoms with E-state index in [1.165, 1.54) is 14.0 Å². The molecule has 1 atom stereocenters. The summed E-state index contributed by atoms with van der Waals surface area (Å²) in [5.41, 5.74) is 1.60. The molecule has 2 aromatic rings. The van der Waals surface area contributed by atoms with Crippen LogP contribution in [-0.2, 0) is 9.53 Å². The Labute approximate surface area is 157 Å². The summed E-state index contributed by atoms with van der Waals surface area (Å²) in [6.07, 6.45) is 0.429. The largest absolute Gasteiger partial charge is 0.449 e. The Hall–Kier alpha value is -2.97. The number of pyridine rings is 1. The van der Waals surface area contributed by atoms with E-state index in [0.717, 1.165) is 5.69 Å². The van der Waals surface area contributed by atoms with Gasteiger partial charge in [-0.05, 0) is 32.8 Å². The zero-order valence-electron chi connectivity index (χ0n) is 16.4. The molecule has 2 heterocycles. The fraction of sp³-hybridized carbons (Fsp3) is 0.500. The highest BCUT2D eigenvalue weighted by Crippen LogP contribution is 2.25. The van der Waals surface area contributed by atoms with Crippen LogP contribution in [0.5, 0.6) is 0 Å². The van der Waals surface area contributed by atoms with Crippen LogP contribution in [0.2, 0.25) is 0 Å². The summed E-state index contributed by atoms with van der Waals surface area (Å²) < 4.78 is 7.00. The topological polar surface area (TPSA) is 115 Å². The van der Waals surface area contributed by atoms with E-state index in [2.05, 4.69) is 20.7 Å². The van der Waals surface area contributed by atoms with Gasteiger partial charge in [-0.25, -0.2) is 19.3 Å². The lowest BCUT2D eigenvalue weighted by molar-refractivity contribution is -0.127. The normalized spacial score (nSPS) is 12.3. The molecule has 3 amide bonds. The summed E-state index contributed by atoms with van der Waals surface area (Å²) in [5.74, 6) is -1.30. The smallest absolute Gasteiger partial charge is 0.339 e. The molecule has 0 bridgehead atoms. The van der Waals surface area contributed by atoms with Crippen molar-refractivity contribution in [3.63, 3.8) is 0 Å². The molecule has 9 nitrogen and oxygen atoms in total. The number of esters is 1. The van der Waals surface area contributed by atoms with E-state index in [0.29, 0.717) is 11.0 Å². The number of urea groups is 1. The molecular weight excluding hydrogens is 350 g/mol. The standard InChI is InChI=1S/C18H25N5O4/c1-9(2)14-7-12(13-8-20-23(10(3)4)15(13)21-14)17(25)27-11(5)16(24)22-18(26)19-6/h7-11H,1-6H3,(H2,19,22,24,26)/t11-/m1/s1. The first kappa shape index (κ1) is 20.3. The highest BCUT2D eigenvalue weighted by atomic mass is 16.5. The first-order valence-corrected chi connectivity index (χ1v) is 8.77. The van der Waals surface area contributed by atoms with Gasteiger partial charge >= 0.3 is 12.0 Å². The summed E-state index contributed by atoms with van der Waals surface area (Å²) in [4.78, 5) is 40.5. The lowest BCUT2D eigenvalue weighted by Gasteiger charge is -2.15. The van der Waals surface area contributed by atoms with E-state index in [4.69, 9.17) is 4.74 Å². The fourth-order valence-electron chi connectivity index (χ4n) is 2.43. The molecule has 9 heteroatoms. The number of nitrogens with one attached hydrogen (secondary N) is 2. The minimum absolute atomic E-state index is 0.0681. The number of hydrogen-bond acceptors (Lipinski definition) is 6. The van der Waals surface area contributed by atoms with Gasteiger partial charge in [-0.2, -0.15) is 5.10 Å². The summed E-state index contributed by atoms with van der Waals surface area (Å²) in [5, 5.41) is 9.21.